The van der Waals surface area contributed by atoms with Crippen molar-refractivity contribution in [1.82, 2.24) is 15.2 Å². The van der Waals surface area contributed by atoms with Gasteiger partial charge in [-0.1, -0.05) is 34.8 Å². The highest BCUT2D eigenvalue weighted by Gasteiger charge is 2.07. The third-order valence-corrected chi connectivity index (χ3v) is 2.43. The van der Waals surface area contributed by atoms with Crippen LogP contribution in [0.25, 0.3) is 11.0 Å². The fourth-order valence-electron chi connectivity index (χ4n) is 0.920. The predicted molar refractivity (Wildman–Crippen MR) is 52.4 cm³/mol. The fraction of sp³-hybridized carbons (Fsp3) is 0. The van der Waals surface area contributed by atoms with Gasteiger partial charge in [0.25, 0.3) is 0 Å². The van der Waals surface area contributed by atoms with Crippen LogP contribution in [0, 0.1) is 0 Å². The van der Waals surface area contributed by atoms with Crippen molar-refractivity contribution in [3.8, 4) is 0 Å². The zero-order valence-corrected chi connectivity index (χ0v) is 8.40. The molecule has 0 N–H and O–H groups in total. The predicted octanol–water partition coefficient (Wildman–Crippen LogP) is 2.99. The Hall–Kier alpha value is -0.640. The normalized spacial score (nSPS) is 10.7. The lowest BCUT2D eigenvalue weighted by Crippen LogP contribution is -1.89. The van der Waals surface area contributed by atoms with Crippen LogP contribution in [0.15, 0.2) is 12.3 Å². The highest BCUT2D eigenvalue weighted by Crippen LogP contribution is 2.27. The molecule has 13 heavy (non-hydrogen) atoms. The second kappa shape index (κ2) is 3.25. The Morgan fingerprint density at radius 1 is 1.08 bits per heavy atom. The van der Waals surface area contributed by atoms with E-state index in [0.717, 1.165) is 0 Å². The molecule has 2 heterocycles. The van der Waals surface area contributed by atoms with Crippen molar-refractivity contribution < 1.29 is 0 Å². The first kappa shape index (κ1) is 8.94. The van der Waals surface area contributed by atoms with Crippen LogP contribution in [0.4, 0.5) is 0 Å². The van der Waals surface area contributed by atoms with Crippen molar-refractivity contribution in [1.29, 1.82) is 0 Å². The molecule has 0 saturated carbocycles. The van der Waals surface area contributed by atoms with Gasteiger partial charge in [-0.15, -0.1) is 10.2 Å². The second-order valence-electron chi connectivity index (χ2n) is 2.33. The van der Waals surface area contributed by atoms with Crippen molar-refractivity contribution in [2.24, 2.45) is 0 Å². The molecule has 2 aromatic rings. The van der Waals surface area contributed by atoms with E-state index in [1.54, 1.807) is 6.07 Å². The van der Waals surface area contributed by atoms with Crippen LogP contribution in [0.1, 0.15) is 0 Å². The monoisotopic (exact) mass is 233 g/mol. The third-order valence-electron chi connectivity index (χ3n) is 1.48. The summed E-state index contributed by atoms with van der Waals surface area (Å²) in [6.45, 7) is 0. The summed E-state index contributed by atoms with van der Waals surface area (Å²) in [5, 5.41) is 8.92. The van der Waals surface area contributed by atoms with E-state index in [1.807, 2.05) is 0 Å². The van der Waals surface area contributed by atoms with E-state index in [0.29, 0.717) is 21.1 Å². The number of halogens is 3. The summed E-state index contributed by atoms with van der Waals surface area (Å²) in [4.78, 5) is 3.93. The van der Waals surface area contributed by atoms with Crippen LogP contribution in [0.2, 0.25) is 15.2 Å². The van der Waals surface area contributed by atoms with Gasteiger partial charge in [0.1, 0.15) is 0 Å². The topological polar surface area (TPSA) is 38.7 Å². The Morgan fingerprint density at radius 2 is 1.85 bits per heavy atom. The highest BCUT2D eigenvalue weighted by atomic mass is 35.5. The zero-order valence-electron chi connectivity index (χ0n) is 6.13. The fourth-order valence-corrected chi connectivity index (χ4v) is 1.39. The van der Waals surface area contributed by atoms with Gasteiger partial charge in [0.2, 0.25) is 0 Å². The van der Waals surface area contributed by atoms with Crippen LogP contribution in [-0.4, -0.2) is 15.2 Å². The number of rotatable bonds is 0. The average Bonchev–Trinajstić information content (AvgIpc) is 2.12. The van der Waals surface area contributed by atoms with Gasteiger partial charge in [-0.25, -0.2) is 4.98 Å². The van der Waals surface area contributed by atoms with E-state index in [1.165, 1.54) is 6.20 Å². The molecule has 0 fully saturated rings. The van der Waals surface area contributed by atoms with Crippen molar-refractivity contribution in [3.63, 3.8) is 0 Å². The van der Waals surface area contributed by atoms with Crippen molar-refractivity contribution in [3.05, 3.63) is 27.5 Å². The lowest BCUT2D eigenvalue weighted by Gasteiger charge is -1.99. The maximum Gasteiger partial charge on any atom is 0.183 e. The Kier molecular flexibility index (Phi) is 2.24. The van der Waals surface area contributed by atoms with Crippen LogP contribution < -0.4 is 0 Å². The lowest BCUT2D eigenvalue weighted by atomic mass is 10.3. The molecular weight excluding hydrogens is 232 g/mol. The summed E-state index contributed by atoms with van der Waals surface area (Å²) in [5.74, 6) is 0. The smallest absolute Gasteiger partial charge is 0.183 e. The number of pyridine rings is 1. The molecule has 0 aliphatic heterocycles. The van der Waals surface area contributed by atoms with Gasteiger partial charge < -0.3 is 0 Å². The van der Waals surface area contributed by atoms with Gasteiger partial charge in [-0.3, -0.25) is 0 Å². The SMILES string of the molecule is Clc1cnc2nnc(Cl)c(Cl)c2c1. The lowest BCUT2D eigenvalue weighted by molar-refractivity contribution is 1.05. The van der Waals surface area contributed by atoms with E-state index in [-0.39, 0.29) is 5.15 Å². The minimum Gasteiger partial charge on any atom is -0.233 e. The molecule has 0 aliphatic rings. The number of aromatic nitrogens is 3. The highest BCUT2D eigenvalue weighted by molar-refractivity contribution is 6.44. The molecule has 0 atom stereocenters. The van der Waals surface area contributed by atoms with Crippen LogP contribution in [-0.2, 0) is 0 Å². The summed E-state index contributed by atoms with van der Waals surface area (Å²) in [6.07, 6.45) is 1.48. The van der Waals surface area contributed by atoms with Gasteiger partial charge in [-0.2, -0.15) is 0 Å². The van der Waals surface area contributed by atoms with Crippen LogP contribution >= 0.6 is 34.8 Å². The number of hydrogen-bond acceptors (Lipinski definition) is 3. The number of fused-ring (bicyclic) bond motifs is 1. The second-order valence-corrected chi connectivity index (χ2v) is 3.50. The van der Waals surface area contributed by atoms with E-state index in [4.69, 9.17) is 34.8 Å². The molecule has 3 nitrogen and oxygen atoms in total. The molecular formula is C7H2Cl3N3. The average molecular weight is 234 g/mol. The molecule has 0 amide bonds. The van der Waals surface area contributed by atoms with E-state index >= 15 is 0 Å². The maximum absolute atomic E-state index is 5.86. The van der Waals surface area contributed by atoms with Crippen molar-refractivity contribution >= 4 is 45.8 Å². The quantitative estimate of drug-likeness (QED) is 0.703. The van der Waals surface area contributed by atoms with Crippen LogP contribution in [0.5, 0.6) is 0 Å². The summed E-state index contributed by atoms with van der Waals surface area (Å²) >= 11 is 17.3. The van der Waals surface area contributed by atoms with Gasteiger partial charge >= 0.3 is 0 Å². The zero-order chi connectivity index (χ0) is 9.42. The van der Waals surface area contributed by atoms with Gasteiger partial charge in [0, 0.05) is 11.6 Å². The Morgan fingerprint density at radius 3 is 2.62 bits per heavy atom. The molecule has 0 saturated heterocycles. The molecule has 66 valence electrons. The summed E-state index contributed by atoms with van der Waals surface area (Å²) in [5.41, 5.74) is 0.429. The van der Waals surface area contributed by atoms with Crippen LogP contribution in [0.3, 0.4) is 0 Å². The largest absolute Gasteiger partial charge is 0.233 e. The summed E-state index contributed by atoms with van der Waals surface area (Å²) < 4.78 is 0. The molecule has 0 spiro atoms. The van der Waals surface area contributed by atoms with E-state index in [2.05, 4.69) is 15.2 Å². The first-order valence-electron chi connectivity index (χ1n) is 3.31. The first-order chi connectivity index (χ1) is 6.18. The standard InChI is InChI=1S/C7H2Cl3N3/c8-3-1-4-5(9)6(10)12-13-7(4)11-2-3/h1-2H. The van der Waals surface area contributed by atoms with E-state index in [9.17, 15) is 0 Å². The minimum absolute atomic E-state index is 0.151. The Labute approximate surface area is 88.7 Å². The molecule has 0 aromatic carbocycles. The number of hydrogen-bond donors (Lipinski definition) is 0. The maximum atomic E-state index is 5.86. The van der Waals surface area contributed by atoms with Gasteiger partial charge in [0.05, 0.1) is 10.0 Å². The summed E-state index contributed by atoms with van der Waals surface area (Å²) in [6, 6.07) is 1.65. The third kappa shape index (κ3) is 1.55. The van der Waals surface area contributed by atoms with Gasteiger partial charge in [0.15, 0.2) is 10.8 Å². The molecule has 0 radical (unpaired) electrons. The molecule has 0 bridgehead atoms. The van der Waals surface area contributed by atoms with Crippen molar-refractivity contribution in [2.75, 3.05) is 0 Å². The Balaban J connectivity index is 2.89. The van der Waals surface area contributed by atoms with Gasteiger partial charge in [-0.05, 0) is 6.07 Å². The molecule has 2 aromatic heterocycles. The van der Waals surface area contributed by atoms with Crippen molar-refractivity contribution in [2.45, 2.75) is 0 Å². The summed E-state index contributed by atoms with van der Waals surface area (Å²) in [7, 11) is 0. The Bertz CT molecular complexity index is 466. The molecule has 0 unspecified atom stereocenters. The molecule has 2 rings (SSSR count). The van der Waals surface area contributed by atoms with E-state index < -0.39 is 0 Å². The number of nitrogens with zero attached hydrogens (tertiary/aromatic N) is 3. The molecule has 6 heteroatoms. The first-order valence-corrected chi connectivity index (χ1v) is 4.45. The molecule has 0 aliphatic carbocycles. The minimum atomic E-state index is 0.151.